The summed E-state index contributed by atoms with van der Waals surface area (Å²) in [4.78, 5) is 20.0. The summed E-state index contributed by atoms with van der Waals surface area (Å²) >= 11 is 1.62. The molecule has 1 atom stereocenters. The summed E-state index contributed by atoms with van der Waals surface area (Å²) < 4.78 is 4.91. The van der Waals surface area contributed by atoms with Crippen molar-refractivity contribution in [3.63, 3.8) is 0 Å². The summed E-state index contributed by atoms with van der Waals surface area (Å²) in [6, 6.07) is 2.34. The van der Waals surface area contributed by atoms with Crippen LogP contribution in [0.2, 0.25) is 0 Å². The molecule has 2 rings (SSSR count). The van der Waals surface area contributed by atoms with Crippen molar-refractivity contribution in [3.8, 4) is 0 Å². The molecule has 0 aromatic carbocycles. The topological polar surface area (TPSA) is 64.1 Å². The molecule has 0 saturated heterocycles. The van der Waals surface area contributed by atoms with Gasteiger partial charge in [0, 0.05) is 18.0 Å². The van der Waals surface area contributed by atoms with Crippen molar-refractivity contribution in [1.29, 1.82) is 0 Å². The van der Waals surface area contributed by atoms with Crippen LogP contribution in [0.3, 0.4) is 0 Å². The van der Waals surface area contributed by atoms with Gasteiger partial charge in [-0.1, -0.05) is 0 Å². The highest BCUT2D eigenvalue weighted by Gasteiger charge is 2.38. The van der Waals surface area contributed by atoms with E-state index in [4.69, 9.17) is 4.74 Å². The van der Waals surface area contributed by atoms with E-state index in [1.165, 1.54) is 13.4 Å². The molecule has 1 fully saturated rings. The predicted molar refractivity (Wildman–Crippen MR) is 74.0 cm³/mol. The van der Waals surface area contributed by atoms with Crippen LogP contribution in [0, 0.1) is 0 Å². The first-order chi connectivity index (χ1) is 9.14. The van der Waals surface area contributed by atoms with Crippen molar-refractivity contribution in [2.75, 3.05) is 12.9 Å². The molecule has 0 bridgehead atoms. The minimum absolute atomic E-state index is 0.192. The lowest BCUT2D eigenvalue weighted by molar-refractivity contribution is -0.148. The van der Waals surface area contributed by atoms with Crippen LogP contribution in [0.1, 0.15) is 26.2 Å². The Labute approximate surface area is 117 Å². The van der Waals surface area contributed by atoms with Gasteiger partial charge in [-0.05, 0) is 32.3 Å². The van der Waals surface area contributed by atoms with E-state index < -0.39 is 5.54 Å². The maximum atomic E-state index is 11.9. The van der Waals surface area contributed by atoms with E-state index in [-0.39, 0.29) is 5.97 Å². The molecule has 1 saturated carbocycles. The SMILES string of the molecule is COC(=O)C(C)(CCSc1ccncn1)NC1CC1. The smallest absolute Gasteiger partial charge is 0.325 e. The first kappa shape index (κ1) is 14.3. The van der Waals surface area contributed by atoms with Gasteiger partial charge in [-0.3, -0.25) is 10.1 Å². The zero-order chi connectivity index (χ0) is 13.7. The third-order valence-electron chi connectivity index (χ3n) is 3.14. The second-order valence-corrected chi connectivity index (χ2v) is 6.00. The standard InChI is InChI=1S/C13H19N3O2S/c1-13(12(17)18-2,16-10-3-4-10)6-8-19-11-5-7-14-9-15-11/h5,7,9-10,16H,3-4,6,8H2,1-2H3. The summed E-state index contributed by atoms with van der Waals surface area (Å²) in [5, 5.41) is 4.31. The van der Waals surface area contributed by atoms with Gasteiger partial charge in [0.1, 0.15) is 11.9 Å². The molecule has 1 unspecified atom stereocenters. The third-order valence-corrected chi connectivity index (χ3v) is 4.09. The van der Waals surface area contributed by atoms with E-state index in [1.807, 2.05) is 13.0 Å². The van der Waals surface area contributed by atoms with Crippen molar-refractivity contribution >= 4 is 17.7 Å². The molecule has 0 spiro atoms. The summed E-state index contributed by atoms with van der Waals surface area (Å²) in [6.45, 7) is 1.91. The lowest BCUT2D eigenvalue weighted by atomic mass is 9.99. The summed E-state index contributed by atoms with van der Waals surface area (Å²) in [6.07, 6.45) is 6.25. The van der Waals surface area contributed by atoms with Gasteiger partial charge >= 0.3 is 5.97 Å². The third kappa shape index (κ3) is 4.18. The summed E-state index contributed by atoms with van der Waals surface area (Å²) in [5.41, 5.74) is -0.601. The van der Waals surface area contributed by atoms with Crippen molar-refractivity contribution in [3.05, 3.63) is 18.6 Å². The van der Waals surface area contributed by atoms with E-state index >= 15 is 0 Å². The number of nitrogens with one attached hydrogen (secondary N) is 1. The lowest BCUT2D eigenvalue weighted by Crippen LogP contribution is -2.51. The van der Waals surface area contributed by atoms with Gasteiger partial charge in [-0.2, -0.15) is 0 Å². The second kappa shape index (κ2) is 6.34. The molecule has 0 amide bonds. The number of nitrogens with zero attached hydrogens (tertiary/aromatic N) is 2. The Morgan fingerprint density at radius 3 is 3.00 bits per heavy atom. The molecule has 1 aromatic rings. The van der Waals surface area contributed by atoms with Crippen LogP contribution < -0.4 is 5.32 Å². The zero-order valence-corrected chi connectivity index (χ0v) is 12.1. The molecule has 1 aliphatic rings. The normalized spacial score (nSPS) is 17.8. The van der Waals surface area contributed by atoms with Gasteiger partial charge in [0.2, 0.25) is 0 Å². The van der Waals surface area contributed by atoms with Crippen LogP contribution in [0.15, 0.2) is 23.6 Å². The van der Waals surface area contributed by atoms with Crippen LogP contribution in [0.5, 0.6) is 0 Å². The molecule has 0 radical (unpaired) electrons. The molecule has 0 aliphatic heterocycles. The zero-order valence-electron chi connectivity index (χ0n) is 11.3. The fourth-order valence-electron chi connectivity index (χ4n) is 1.86. The van der Waals surface area contributed by atoms with Gasteiger partial charge in [0.15, 0.2) is 0 Å². The van der Waals surface area contributed by atoms with Gasteiger partial charge in [0.25, 0.3) is 0 Å². The average molecular weight is 281 g/mol. The molecular weight excluding hydrogens is 262 g/mol. The number of ether oxygens (including phenoxy) is 1. The van der Waals surface area contributed by atoms with Crippen molar-refractivity contribution < 1.29 is 9.53 Å². The molecule has 104 valence electrons. The molecule has 1 N–H and O–H groups in total. The Balaban J connectivity index is 1.87. The maximum Gasteiger partial charge on any atom is 0.325 e. The maximum absolute atomic E-state index is 11.9. The van der Waals surface area contributed by atoms with Gasteiger partial charge in [-0.25, -0.2) is 9.97 Å². The highest BCUT2D eigenvalue weighted by atomic mass is 32.2. The Kier molecular flexibility index (Phi) is 4.76. The molecular formula is C13H19N3O2S. The van der Waals surface area contributed by atoms with E-state index in [0.717, 1.165) is 23.6 Å². The Morgan fingerprint density at radius 2 is 2.42 bits per heavy atom. The van der Waals surface area contributed by atoms with Crippen LogP contribution in [-0.2, 0) is 9.53 Å². The minimum atomic E-state index is -0.601. The number of methoxy groups -OCH3 is 1. The number of carbonyl (C=O) groups is 1. The van der Waals surface area contributed by atoms with Crippen molar-refractivity contribution in [1.82, 2.24) is 15.3 Å². The first-order valence-electron chi connectivity index (χ1n) is 6.39. The average Bonchev–Trinajstić information content (AvgIpc) is 3.22. The number of thioether (sulfide) groups is 1. The Morgan fingerprint density at radius 1 is 1.63 bits per heavy atom. The Bertz CT molecular complexity index is 425. The molecule has 5 nitrogen and oxygen atoms in total. The largest absolute Gasteiger partial charge is 0.468 e. The molecule has 1 heterocycles. The number of aromatic nitrogens is 2. The monoisotopic (exact) mass is 281 g/mol. The Hall–Kier alpha value is -1.14. The fraction of sp³-hybridized carbons (Fsp3) is 0.615. The number of esters is 1. The number of hydrogen-bond acceptors (Lipinski definition) is 6. The van der Waals surface area contributed by atoms with Crippen LogP contribution >= 0.6 is 11.8 Å². The second-order valence-electron chi connectivity index (χ2n) is 4.89. The van der Waals surface area contributed by atoms with Crippen LogP contribution in [0.25, 0.3) is 0 Å². The van der Waals surface area contributed by atoms with Gasteiger partial charge < -0.3 is 4.74 Å². The fourth-order valence-corrected chi connectivity index (χ4v) is 2.86. The predicted octanol–water partition coefficient (Wildman–Crippen LogP) is 1.64. The van der Waals surface area contributed by atoms with E-state index in [2.05, 4.69) is 15.3 Å². The quantitative estimate of drug-likeness (QED) is 0.466. The van der Waals surface area contributed by atoms with Gasteiger partial charge in [-0.15, -0.1) is 11.8 Å². The highest BCUT2D eigenvalue weighted by molar-refractivity contribution is 7.99. The minimum Gasteiger partial charge on any atom is -0.468 e. The summed E-state index contributed by atoms with van der Waals surface area (Å²) in [7, 11) is 1.44. The first-order valence-corrected chi connectivity index (χ1v) is 7.37. The van der Waals surface area contributed by atoms with Crippen LogP contribution in [-0.4, -0.2) is 40.4 Å². The number of rotatable bonds is 7. The van der Waals surface area contributed by atoms with Crippen molar-refractivity contribution in [2.45, 2.75) is 42.8 Å². The highest BCUT2D eigenvalue weighted by Crippen LogP contribution is 2.27. The van der Waals surface area contributed by atoms with E-state index in [1.54, 1.807) is 18.0 Å². The number of carbonyl (C=O) groups excluding carboxylic acids is 1. The lowest BCUT2D eigenvalue weighted by Gasteiger charge is -2.27. The van der Waals surface area contributed by atoms with E-state index in [9.17, 15) is 4.79 Å². The van der Waals surface area contributed by atoms with Crippen LogP contribution in [0.4, 0.5) is 0 Å². The van der Waals surface area contributed by atoms with Gasteiger partial charge in [0.05, 0.1) is 12.1 Å². The van der Waals surface area contributed by atoms with Crippen molar-refractivity contribution in [2.24, 2.45) is 0 Å². The summed E-state index contributed by atoms with van der Waals surface area (Å²) in [5.74, 6) is 0.616. The molecule has 6 heteroatoms. The molecule has 1 aromatic heterocycles. The number of hydrogen-bond donors (Lipinski definition) is 1. The molecule has 1 aliphatic carbocycles. The van der Waals surface area contributed by atoms with E-state index in [0.29, 0.717) is 12.5 Å². The molecule has 19 heavy (non-hydrogen) atoms.